The molecule has 1 aliphatic heterocycles. The number of amides is 2. The summed E-state index contributed by atoms with van der Waals surface area (Å²) < 4.78 is 0. The molecule has 0 bridgehead atoms. The van der Waals surface area contributed by atoms with Crippen molar-refractivity contribution < 1.29 is 9.59 Å². The molecule has 0 aromatic heterocycles. The third kappa shape index (κ3) is 2.55. The molecule has 1 fully saturated rings. The van der Waals surface area contributed by atoms with E-state index in [1.165, 1.54) is 0 Å². The highest BCUT2D eigenvalue weighted by Gasteiger charge is 2.51. The Kier molecular flexibility index (Phi) is 4.35. The van der Waals surface area contributed by atoms with Crippen molar-refractivity contribution in [1.29, 1.82) is 0 Å². The zero-order chi connectivity index (χ0) is 15.6. The lowest BCUT2D eigenvalue weighted by Crippen LogP contribution is -2.69. The van der Waals surface area contributed by atoms with Crippen molar-refractivity contribution in [3.8, 4) is 0 Å². The van der Waals surface area contributed by atoms with Gasteiger partial charge in [-0.1, -0.05) is 43.7 Å². The molecule has 1 N–H and O–H groups in total. The summed E-state index contributed by atoms with van der Waals surface area (Å²) in [5.41, 5.74) is -0.101. The monoisotopic (exact) mass is 288 g/mol. The summed E-state index contributed by atoms with van der Waals surface area (Å²) in [5.74, 6) is -0.0850. The molecule has 0 aliphatic carbocycles. The lowest BCUT2D eigenvalue weighted by molar-refractivity contribution is -0.160. The SMILES string of the molecule is CCCC1NC(=O)C(C)(c2ccccc2)N(C(C)C)C1=O. The fourth-order valence-corrected chi connectivity index (χ4v) is 3.15. The third-order valence-corrected chi connectivity index (χ3v) is 4.19. The van der Waals surface area contributed by atoms with E-state index >= 15 is 0 Å². The predicted molar refractivity (Wildman–Crippen MR) is 82.6 cm³/mol. The molecule has 1 aromatic carbocycles. The predicted octanol–water partition coefficient (Wildman–Crippen LogP) is 2.44. The minimum Gasteiger partial charge on any atom is -0.342 e. The molecule has 1 aromatic rings. The van der Waals surface area contributed by atoms with E-state index in [-0.39, 0.29) is 17.9 Å². The zero-order valence-corrected chi connectivity index (χ0v) is 13.2. The van der Waals surface area contributed by atoms with Crippen LogP contribution in [0.1, 0.15) is 46.1 Å². The summed E-state index contributed by atoms with van der Waals surface area (Å²) in [5, 5.41) is 2.91. The van der Waals surface area contributed by atoms with Crippen LogP contribution in [0.15, 0.2) is 30.3 Å². The van der Waals surface area contributed by atoms with Gasteiger partial charge in [-0.2, -0.15) is 0 Å². The van der Waals surface area contributed by atoms with Crippen LogP contribution in [0, 0.1) is 0 Å². The summed E-state index contributed by atoms with van der Waals surface area (Å²) >= 11 is 0. The van der Waals surface area contributed by atoms with Gasteiger partial charge in [-0.3, -0.25) is 9.59 Å². The topological polar surface area (TPSA) is 49.4 Å². The normalized spacial score (nSPS) is 26.1. The Morgan fingerprint density at radius 2 is 1.86 bits per heavy atom. The van der Waals surface area contributed by atoms with E-state index in [2.05, 4.69) is 5.32 Å². The summed E-state index contributed by atoms with van der Waals surface area (Å²) in [6, 6.07) is 9.08. The van der Waals surface area contributed by atoms with Gasteiger partial charge in [0, 0.05) is 6.04 Å². The fraction of sp³-hybridized carbons (Fsp3) is 0.529. The van der Waals surface area contributed by atoms with Crippen LogP contribution in [-0.4, -0.2) is 28.8 Å². The van der Waals surface area contributed by atoms with Crippen LogP contribution < -0.4 is 5.32 Å². The quantitative estimate of drug-likeness (QED) is 0.925. The minimum absolute atomic E-state index is 0.0119. The maximum atomic E-state index is 12.8. The molecule has 2 atom stereocenters. The number of nitrogens with one attached hydrogen (secondary N) is 1. The average Bonchev–Trinajstić information content (AvgIpc) is 2.45. The van der Waals surface area contributed by atoms with Gasteiger partial charge in [0.15, 0.2) is 0 Å². The second-order valence-corrected chi connectivity index (χ2v) is 6.05. The Bertz CT molecular complexity index is 527. The van der Waals surface area contributed by atoms with Crippen molar-refractivity contribution >= 4 is 11.8 Å². The number of hydrogen-bond donors (Lipinski definition) is 1. The molecular formula is C17H24N2O2. The number of nitrogens with zero attached hydrogens (tertiary/aromatic N) is 1. The van der Waals surface area contributed by atoms with E-state index in [0.717, 1.165) is 12.0 Å². The first-order chi connectivity index (χ1) is 9.92. The second kappa shape index (κ2) is 5.88. The van der Waals surface area contributed by atoms with Crippen molar-refractivity contribution in [3.05, 3.63) is 35.9 Å². The Labute approximate surface area is 126 Å². The van der Waals surface area contributed by atoms with Crippen molar-refractivity contribution in [2.24, 2.45) is 0 Å². The molecule has 2 unspecified atom stereocenters. The smallest absolute Gasteiger partial charge is 0.251 e. The third-order valence-electron chi connectivity index (χ3n) is 4.19. The number of piperazine rings is 1. The molecule has 1 heterocycles. The Morgan fingerprint density at radius 3 is 2.38 bits per heavy atom. The highest BCUT2D eigenvalue weighted by molar-refractivity contribution is 6.00. The van der Waals surface area contributed by atoms with Crippen LogP contribution in [0.4, 0.5) is 0 Å². The van der Waals surface area contributed by atoms with Crippen molar-refractivity contribution in [2.45, 2.75) is 58.2 Å². The molecule has 114 valence electrons. The Morgan fingerprint density at radius 1 is 1.24 bits per heavy atom. The van der Waals surface area contributed by atoms with Gasteiger partial charge in [0.25, 0.3) is 5.91 Å². The van der Waals surface area contributed by atoms with Crippen LogP contribution in [0.2, 0.25) is 0 Å². The highest BCUT2D eigenvalue weighted by atomic mass is 16.2. The van der Waals surface area contributed by atoms with E-state index in [9.17, 15) is 9.59 Å². The summed E-state index contributed by atoms with van der Waals surface area (Å²) in [6.07, 6.45) is 1.54. The Hall–Kier alpha value is -1.84. The van der Waals surface area contributed by atoms with E-state index in [4.69, 9.17) is 0 Å². The average molecular weight is 288 g/mol. The first kappa shape index (κ1) is 15.5. The second-order valence-electron chi connectivity index (χ2n) is 6.05. The van der Waals surface area contributed by atoms with E-state index < -0.39 is 11.6 Å². The molecule has 2 rings (SSSR count). The van der Waals surface area contributed by atoms with Crippen LogP contribution in [0.5, 0.6) is 0 Å². The van der Waals surface area contributed by atoms with Gasteiger partial charge in [-0.05, 0) is 32.8 Å². The van der Waals surface area contributed by atoms with Gasteiger partial charge in [-0.15, -0.1) is 0 Å². The Balaban J connectivity index is 2.49. The van der Waals surface area contributed by atoms with E-state index in [1.807, 2.05) is 58.0 Å². The van der Waals surface area contributed by atoms with Crippen molar-refractivity contribution in [2.75, 3.05) is 0 Å². The lowest BCUT2D eigenvalue weighted by atomic mass is 9.84. The van der Waals surface area contributed by atoms with E-state index in [0.29, 0.717) is 6.42 Å². The van der Waals surface area contributed by atoms with Gasteiger partial charge in [0.05, 0.1) is 0 Å². The van der Waals surface area contributed by atoms with Gasteiger partial charge < -0.3 is 10.2 Å². The molecule has 4 nitrogen and oxygen atoms in total. The van der Waals surface area contributed by atoms with Crippen molar-refractivity contribution in [1.82, 2.24) is 10.2 Å². The summed E-state index contributed by atoms with van der Waals surface area (Å²) in [7, 11) is 0. The maximum Gasteiger partial charge on any atom is 0.251 e. The molecule has 21 heavy (non-hydrogen) atoms. The van der Waals surface area contributed by atoms with E-state index in [1.54, 1.807) is 4.90 Å². The number of benzene rings is 1. The molecule has 0 saturated carbocycles. The van der Waals surface area contributed by atoms with Crippen molar-refractivity contribution in [3.63, 3.8) is 0 Å². The molecule has 0 spiro atoms. The van der Waals surface area contributed by atoms with Crippen LogP contribution in [-0.2, 0) is 15.1 Å². The zero-order valence-electron chi connectivity index (χ0n) is 13.2. The van der Waals surface area contributed by atoms with Gasteiger partial charge >= 0.3 is 0 Å². The van der Waals surface area contributed by atoms with Gasteiger partial charge in [-0.25, -0.2) is 0 Å². The summed E-state index contributed by atoms with van der Waals surface area (Å²) in [4.78, 5) is 27.3. The molecule has 1 saturated heterocycles. The molecule has 1 aliphatic rings. The molecule has 0 radical (unpaired) electrons. The highest BCUT2D eigenvalue weighted by Crippen LogP contribution is 2.34. The minimum atomic E-state index is -0.948. The van der Waals surface area contributed by atoms with Crippen LogP contribution in [0.3, 0.4) is 0 Å². The molecule has 4 heteroatoms. The first-order valence-corrected chi connectivity index (χ1v) is 7.62. The molecule has 2 amide bonds. The van der Waals surface area contributed by atoms with Crippen LogP contribution in [0.25, 0.3) is 0 Å². The lowest BCUT2D eigenvalue weighted by Gasteiger charge is -2.48. The molecular weight excluding hydrogens is 264 g/mol. The standard InChI is InChI=1S/C17H24N2O2/c1-5-9-14-15(20)19(12(2)3)17(4,16(21)18-14)13-10-7-6-8-11-13/h6-8,10-12,14H,5,9H2,1-4H3,(H,18,21). The maximum absolute atomic E-state index is 12.8. The van der Waals surface area contributed by atoms with Crippen LogP contribution >= 0.6 is 0 Å². The van der Waals surface area contributed by atoms with Gasteiger partial charge in [0.2, 0.25) is 5.91 Å². The summed E-state index contributed by atoms with van der Waals surface area (Å²) in [6.45, 7) is 7.77. The number of hydrogen-bond acceptors (Lipinski definition) is 2. The fourth-order valence-electron chi connectivity index (χ4n) is 3.15. The van der Waals surface area contributed by atoms with Gasteiger partial charge in [0.1, 0.15) is 11.6 Å². The first-order valence-electron chi connectivity index (χ1n) is 7.62. The number of rotatable bonds is 4. The number of carbonyl (C=O) groups is 2. The number of carbonyl (C=O) groups excluding carboxylic acids is 2. The largest absolute Gasteiger partial charge is 0.342 e.